The third kappa shape index (κ3) is 5.68. The quantitative estimate of drug-likeness (QED) is 0.363. The number of hydrogen-bond donors (Lipinski definition) is 4. The van der Waals surface area contributed by atoms with E-state index in [2.05, 4.69) is 0 Å². The third-order valence-electron chi connectivity index (χ3n) is 2.07. The fraction of sp³-hybridized carbons (Fsp3) is 0.143. The van der Waals surface area contributed by atoms with Crippen molar-refractivity contribution in [1.29, 1.82) is 0 Å². The molecule has 2 aromatic carbocycles. The van der Waals surface area contributed by atoms with Crippen molar-refractivity contribution in [2.75, 3.05) is 0 Å². The molecule has 0 saturated heterocycles. The maximum Gasteiger partial charge on any atom is 0.314 e. The zero-order chi connectivity index (χ0) is 14.4. The van der Waals surface area contributed by atoms with Crippen molar-refractivity contribution >= 4 is 5.69 Å². The number of nitro benzene ring substituents is 1. The van der Waals surface area contributed by atoms with Crippen molar-refractivity contribution in [2.24, 2.45) is 0 Å². The van der Waals surface area contributed by atoms with Crippen LogP contribution < -0.4 is 0 Å². The van der Waals surface area contributed by atoms with E-state index in [1.807, 2.05) is 0 Å². The first kappa shape index (κ1) is 20.4. The summed E-state index contributed by atoms with van der Waals surface area (Å²) < 4.78 is 0. The Morgan fingerprint density at radius 2 is 1.19 bits per heavy atom. The minimum absolute atomic E-state index is 0. The molecule has 0 aliphatic carbocycles. The van der Waals surface area contributed by atoms with Gasteiger partial charge in [0.1, 0.15) is 0 Å². The van der Waals surface area contributed by atoms with Gasteiger partial charge in [-0.2, -0.15) is 0 Å². The van der Waals surface area contributed by atoms with Crippen LogP contribution in [-0.4, -0.2) is 25.3 Å². The summed E-state index contributed by atoms with van der Waals surface area (Å²) in [7, 11) is 0. The van der Waals surface area contributed by atoms with Crippen LogP contribution in [0.2, 0.25) is 0 Å². The van der Waals surface area contributed by atoms with Gasteiger partial charge >= 0.3 is 5.69 Å². The van der Waals surface area contributed by atoms with Gasteiger partial charge in [0.25, 0.3) is 0 Å². The average Bonchev–Trinajstić information content (AvgIpc) is 2.37. The molecule has 0 amide bonds. The monoisotopic (exact) mass is 297 g/mol. The lowest BCUT2D eigenvalue weighted by Gasteiger charge is -1.96. The SMILES string of the molecule is C.C.O=[N+]([O-])c1cccc(O)c1O.Oc1ccccc1O. The van der Waals surface area contributed by atoms with Crippen molar-refractivity contribution in [2.45, 2.75) is 14.9 Å². The molecule has 7 heteroatoms. The Morgan fingerprint density at radius 3 is 1.52 bits per heavy atom. The van der Waals surface area contributed by atoms with Gasteiger partial charge in [-0.1, -0.05) is 33.1 Å². The number of aromatic hydroxyl groups is 4. The smallest absolute Gasteiger partial charge is 0.314 e. The summed E-state index contributed by atoms with van der Waals surface area (Å²) in [4.78, 5) is 9.34. The lowest BCUT2D eigenvalue weighted by Crippen LogP contribution is -1.87. The van der Waals surface area contributed by atoms with Crippen LogP contribution in [0.25, 0.3) is 0 Å². The van der Waals surface area contributed by atoms with Crippen molar-refractivity contribution < 1.29 is 25.3 Å². The number of hydrogen-bond acceptors (Lipinski definition) is 6. The first-order valence-electron chi connectivity index (χ1n) is 5.05. The number of rotatable bonds is 1. The lowest BCUT2D eigenvalue weighted by atomic mass is 10.3. The molecule has 2 rings (SSSR count). The molecule has 0 aliphatic rings. The van der Waals surface area contributed by atoms with Crippen molar-refractivity contribution in [3.63, 3.8) is 0 Å². The van der Waals surface area contributed by atoms with E-state index in [1.165, 1.54) is 24.3 Å². The predicted molar refractivity (Wildman–Crippen MR) is 79.7 cm³/mol. The summed E-state index contributed by atoms with van der Waals surface area (Å²) in [5, 5.41) is 45.1. The maximum atomic E-state index is 10.1. The molecule has 0 bridgehead atoms. The summed E-state index contributed by atoms with van der Waals surface area (Å²) in [5.74, 6) is -1.34. The third-order valence-corrected chi connectivity index (χ3v) is 2.07. The minimum Gasteiger partial charge on any atom is -0.504 e. The van der Waals surface area contributed by atoms with E-state index in [1.54, 1.807) is 12.1 Å². The van der Waals surface area contributed by atoms with Crippen LogP contribution in [0.5, 0.6) is 23.0 Å². The Bertz CT molecular complexity index is 564. The molecule has 116 valence electrons. The molecule has 0 saturated carbocycles. The highest BCUT2D eigenvalue weighted by Crippen LogP contribution is 2.33. The van der Waals surface area contributed by atoms with Crippen LogP contribution in [0, 0.1) is 10.1 Å². The normalized spacial score (nSPS) is 8.38. The second-order valence-electron chi connectivity index (χ2n) is 3.39. The molecule has 0 heterocycles. The largest absolute Gasteiger partial charge is 0.504 e. The van der Waals surface area contributed by atoms with E-state index in [4.69, 9.17) is 20.4 Å². The summed E-state index contributed by atoms with van der Waals surface area (Å²) in [6, 6.07) is 9.71. The molecule has 2 aromatic rings. The molecular formula is C14H19NO6. The number of para-hydroxylation sites is 3. The van der Waals surface area contributed by atoms with Crippen molar-refractivity contribution in [3.8, 4) is 23.0 Å². The van der Waals surface area contributed by atoms with Crippen LogP contribution >= 0.6 is 0 Å². The Morgan fingerprint density at radius 1 is 0.762 bits per heavy atom. The van der Waals surface area contributed by atoms with Crippen LogP contribution in [0.15, 0.2) is 42.5 Å². The standard InChI is InChI=1S/C6H5NO4.C6H6O2.2CH4/c8-5-3-1-2-4(6(5)9)7(10)11;7-5-3-1-2-4-6(5)8;;/h1-3,8-9H;1-4,7-8H;2*1H4. The molecule has 4 N–H and O–H groups in total. The molecule has 21 heavy (non-hydrogen) atoms. The second-order valence-corrected chi connectivity index (χ2v) is 3.39. The fourth-order valence-corrected chi connectivity index (χ4v) is 1.13. The molecular weight excluding hydrogens is 278 g/mol. The van der Waals surface area contributed by atoms with E-state index in [9.17, 15) is 10.1 Å². The number of benzene rings is 2. The molecule has 0 unspecified atom stereocenters. The van der Waals surface area contributed by atoms with Crippen LogP contribution in [-0.2, 0) is 0 Å². The first-order valence-corrected chi connectivity index (χ1v) is 5.05. The van der Waals surface area contributed by atoms with E-state index in [-0.39, 0.29) is 26.4 Å². The lowest BCUT2D eigenvalue weighted by molar-refractivity contribution is -0.386. The van der Waals surface area contributed by atoms with Gasteiger partial charge in [-0.15, -0.1) is 0 Å². The fourth-order valence-electron chi connectivity index (χ4n) is 1.13. The van der Waals surface area contributed by atoms with E-state index < -0.39 is 22.1 Å². The number of phenolic OH excluding ortho intramolecular Hbond substituents is 4. The van der Waals surface area contributed by atoms with Crippen LogP contribution in [0.3, 0.4) is 0 Å². The summed E-state index contributed by atoms with van der Waals surface area (Å²) in [5.41, 5.74) is -0.495. The minimum atomic E-state index is -0.769. The van der Waals surface area contributed by atoms with Gasteiger partial charge in [0.15, 0.2) is 17.2 Å². The summed E-state index contributed by atoms with van der Waals surface area (Å²) >= 11 is 0. The van der Waals surface area contributed by atoms with Crippen molar-refractivity contribution in [3.05, 3.63) is 52.6 Å². The molecule has 7 nitrogen and oxygen atoms in total. The number of phenols is 4. The molecule has 0 radical (unpaired) electrons. The van der Waals surface area contributed by atoms with Crippen LogP contribution in [0.4, 0.5) is 5.69 Å². The molecule has 0 aliphatic heterocycles. The Kier molecular flexibility index (Phi) is 8.75. The maximum absolute atomic E-state index is 10.1. The molecule has 0 spiro atoms. The molecule has 0 atom stereocenters. The second kappa shape index (κ2) is 9.03. The van der Waals surface area contributed by atoms with Gasteiger partial charge in [-0.3, -0.25) is 10.1 Å². The van der Waals surface area contributed by atoms with Gasteiger partial charge in [-0.25, -0.2) is 0 Å². The molecule has 0 fully saturated rings. The Labute approximate surface area is 122 Å². The summed E-state index contributed by atoms with van der Waals surface area (Å²) in [6.07, 6.45) is 0. The van der Waals surface area contributed by atoms with Gasteiger partial charge in [0.05, 0.1) is 4.92 Å². The topological polar surface area (TPSA) is 124 Å². The highest BCUT2D eigenvalue weighted by atomic mass is 16.6. The van der Waals surface area contributed by atoms with E-state index >= 15 is 0 Å². The Hall–Kier alpha value is -2.96. The average molecular weight is 297 g/mol. The zero-order valence-corrected chi connectivity index (χ0v) is 9.59. The Balaban J connectivity index is 0. The van der Waals surface area contributed by atoms with Gasteiger partial charge < -0.3 is 20.4 Å². The predicted octanol–water partition coefficient (Wildman–Crippen LogP) is 3.38. The highest BCUT2D eigenvalue weighted by Gasteiger charge is 2.14. The number of nitro groups is 1. The van der Waals surface area contributed by atoms with E-state index in [0.717, 1.165) is 6.07 Å². The van der Waals surface area contributed by atoms with Crippen LogP contribution in [0.1, 0.15) is 14.9 Å². The van der Waals surface area contributed by atoms with Crippen molar-refractivity contribution in [1.82, 2.24) is 0 Å². The first-order chi connectivity index (χ1) is 8.93. The molecule has 0 aromatic heterocycles. The van der Waals surface area contributed by atoms with Gasteiger partial charge in [0, 0.05) is 6.07 Å². The van der Waals surface area contributed by atoms with Gasteiger partial charge in [0.2, 0.25) is 5.75 Å². The summed E-state index contributed by atoms with van der Waals surface area (Å²) in [6.45, 7) is 0. The highest BCUT2D eigenvalue weighted by molar-refractivity contribution is 5.53. The number of nitrogens with zero attached hydrogens (tertiary/aromatic N) is 1. The van der Waals surface area contributed by atoms with E-state index in [0.29, 0.717) is 0 Å². The van der Waals surface area contributed by atoms with Gasteiger partial charge in [-0.05, 0) is 18.2 Å². The zero-order valence-electron chi connectivity index (χ0n) is 9.59.